The van der Waals surface area contributed by atoms with Crippen LogP contribution in [-0.2, 0) is 21.2 Å². The van der Waals surface area contributed by atoms with Crippen LogP contribution in [0.4, 0.5) is 5.69 Å². The van der Waals surface area contributed by atoms with E-state index in [1.807, 2.05) is 19.1 Å². The number of sulfonamides is 1. The summed E-state index contributed by atoms with van der Waals surface area (Å²) < 4.78 is 32.6. The number of aryl methyl sites for hydroxylation is 2. The monoisotopic (exact) mass is 362 g/mol. The summed E-state index contributed by atoms with van der Waals surface area (Å²) >= 11 is 0. The maximum atomic E-state index is 13.2. The zero-order chi connectivity index (χ0) is 18.6. The number of anilines is 1. The van der Waals surface area contributed by atoms with Crippen LogP contribution in [0.3, 0.4) is 0 Å². The van der Waals surface area contributed by atoms with Crippen molar-refractivity contribution in [2.45, 2.75) is 25.2 Å². The Labute approximate surface area is 148 Å². The summed E-state index contributed by atoms with van der Waals surface area (Å²) in [6.07, 6.45) is 0.828. The van der Waals surface area contributed by atoms with Crippen LogP contribution in [0.25, 0.3) is 0 Å². The van der Waals surface area contributed by atoms with E-state index in [0.29, 0.717) is 5.69 Å². The maximum absolute atomic E-state index is 13.2. The predicted octanol–water partition coefficient (Wildman–Crippen LogP) is 2.25. The molecule has 2 aromatic rings. The van der Waals surface area contributed by atoms with Crippen molar-refractivity contribution >= 4 is 21.6 Å². The Morgan fingerprint density at radius 2 is 1.80 bits per heavy atom. The van der Waals surface area contributed by atoms with E-state index in [1.54, 1.807) is 31.2 Å². The van der Waals surface area contributed by atoms with Gasteiger partial charge in [0.15, 0.2) is 0 Å². The molecular formula is C18H22N2O4S. The van der Waals surface area contributed by atoms with Crippen LogP contribution < -0.4 is 14.8 Å². The lowest BCUT2D eigenvalue weighted by Gasteiger charge is -2.24. The van der Waals surface area contributed by atoms with Gasteiger partial charge in [-0.1, -0.05) is 25.1 Å². The average Bonchev–Trinajstić information content (AvgIpc) is 2.59. The standard InChI is InChI=1S/C18H22N2O4S/c1-4-14-6-8-15(9-7-14)20(12-18(19)21)25(22,23)17-11-13(2)5-10-16(17)24-3/h5-11H,4,12H2,1-3H3,(H2,19,21). The van der Waals surface area contributed by atoms with E-state index in [4.69, 9.17) is 10.5 Å². The van der Waals surface area contributed by atoms with E-state index < -0.39 is 22.5 Å². The molecule has 0 radical (unpaired) electrons. The van der Waals surface area contributed by atoms with Crippen molar-refractivity contribution in [3.8, 4) is 5.75 Å². The molecule has 0 aliphatic rings. The van der Waals surface area contributed by atoms with Gasteiger partial charge >= 0.3 is 0 Å². The fourth-order valence-corrected chi connectivity index (χ4v) is 4.13. The van der Waals surface area contributed by atoms with Gasteiger partial charge in [-0.15, -0.1) is 0 Å². The smallest absolute Gasteiger partial charge is 0.268 e. The van der Waals surface area contributed by atoms with E-state index >= 15 is 0 Å². The average molecular weight is 362 g/mol. The lowest BCUT2D eigenvalue weighted by Crippen LogP contribution is -2.38. The van der Waals surface area contributed by atoms with Crippen molar-refractivity contribution in [2.75, 3.05) is 18.0 Å². The summed E-state index contributed by atoms with van der Waals surface area (Å²) in [5.41, 5.74) is 7.49. The van der Waals surface area contributed by atoms with Crippen molar-refractivity contribution in [1.29, 1.82) is 0 Å². The summed E-state index contributed by atoms with van der Waals surface area (Å²) in [7, 11) is -2.63. The van der Waals surface area contributed by atoms with Crippen LogP contribution in [0.2, 0.25) is 0 Å². The number of rotatable bonds is 7. The van der Waals surface area contributed by atoms with Gasteiger partial charge in [-0.2, -0.15) is 0 Å². The number of nitrogens with two attached hydrogens (primary N) is 1. The first-order valence-corrected chi connectivity index (χ1v) is 9.28. The van der Waals surface area contributed by atoms with Gasteiger partial charge in [-0.05, 0) is 48.7 Å². The number of hydrogen-bond donors (Lipinski definition) is 1. The minimum atomic E-state index is -4.03. The molecule has 0 atom stereocenters. The Morgan fingerprint density at radius 3 is 2.32 bits per heavy atom. The topological polar surface area (TPSA) is 89.7 Å². The van der Waals surface area contributed by atoms with Gasteiger partial charge in [0, 0.05) is 0 Å². The van der Waals surface area contributed by atoms with Gasteiger partial charge in [0.1, 0.15) is 17.2 Å². The lowest BCUT2D eigenvalue weighted by molar-refractivity contribution is -0.116. The minimum absolute atomic E-state index is 0.00387. The minimum Gasteiger partial charge on any atom is -0.495 e. The van der Waals surface area contributed by atoms with Crippen LogP contribution >= 0.6 is 0 Å². The van der Waals surface area contributed by atoms with Crippen LogP contribution in [0, 0.1) is 6.92 Å². The van der Waals surface area contributed by atoms with Crippen molar-refractivity contribution in [3.05, 3.63) is 53.6 Å². The van der Waals surface area contributed by atoms with E-state index in [-0.39, 0.29) is 10.6 Å². The molecule has 0 aliphatic heterocycles. The number of carbonyl (C=O) groups excluding carboxylic acids is 1. The van der Waals surface area contributed by atoms with Gasteiger partial charge in [0.25, 0.3) is 10.0 Å². The number of nitrogens with zero attached hydrogens (tertiary/aromatic N) is 1. The maximum Gasteiger partial charge on any atom is 0.268 e. The molecule has 6 nitrogen and oxygen atoms in total. The summed E-state index contributed by atoms with van der Waals surface area (Å²) in [5.74, 6) is -0.528. The molecule has 0 aromatic heterocycles. The third kappa shape index (κ3) is 4.11. The van der Waals surface area contributed by atoms with Crippen molar-refractivity contribution in [3.63, 3.8) is 0 Å². The fourth-order valence-electron chi connectivity index (χ4n) is 2.46. The summed E-state index contributed by atoms with van der Waals surface area (Å²) in [6, 6.07) is 11.8. The summed E-state index contributed by atoms with van der Waals surface area (Å²) in [5, 5.41) is 0. The molecule has 0 bridgehead atoms. The lowest BCUT2D eigenvalue weighted by atomic mass is 10.1. The second-order valence-electron chi connectivity index (χ2n) is 5.65. The predicted molar refractivity (Wildman–Crippen MR) is 97.3 cm³/mol. The zero-order valence-corrected chi connectivity index (χ0v) is 15.3. The first-order valence-electron chi connectivity index (χ1n) is 7.84. The van der Waals surface area contributed by atoms with Crippen LogP contribution in [-0.4, -0.2) is 28.0 Å². The molecule has 2 rings (SSSR count). The zero-order valence-electron chi connectivity index (χ0n) is 14.5. The third-order valence-corrected chi connectivity index (χ3v) is 5.61. The largest absolute Gasteiger partial charge is 0.495 e. The summed E-state index contributed by atoms with van der Waals surface area (Å²) in [4.78, 5) is 11.5. The number of carbonyl (C=O) groups is 1. The van der Waals surface area contributed by atoms with E-state index in [0.717, 1.165) is 21.9 Å². The highest BCUT2D eigenvalue weighted by molar-refractivity contribution is 7.93. The molecular weight excluding hydrogens is 340 g/mol. The molecule has 2 N–H and O–H groups in total. The normalized spacial score (nSPS) is 11.2. The molecule has 0 saturated carbocycles. The second-order valence-corrected chi connectivity index (χ2v) is 7.48. The third-order valence-electron chi connectivity index (χ3n) is 3.82. The molecule has 25 heavy (non-hydrogen) atoms. The van der Waals surface area contributed by atoms with Gasteiger partial charge in [-0.25, -0.2) is 8.42 Å². The van der Waals surface area contributed by atoms with Crippen LogP contribution in [0.1, 0.15) is 18.1 Å². The Balaban J connectivity index is 2.59. The first-order chi connectivity index (χ1) is 11.8. The van der Waals surface area contributed by atoms with Gasteiger partial charge in [0.2, 0.25) is 5.91 Å². The highest BCUT2D eigenvalue weighted by Crippen LogP contribution is 2.30. The Bertz CT molecular complexity index is 861. The second kappa shape index (κ2) is 7.57. The highest BCUT2D eigenvalue weighted by atomic mass is 32.2. The molecule has 0 saturated heterocycles. The molecule has 2 aromatic carbocycles. The molecule has 0 fully saturated rings. The van der Waals surface area contributed by atoms with Crippen LogP contribution in [0.5, 0.6) is 5.75 Å². The Hall–Kier alpha value is -2.54. The molecule has 7 heteroatoms. The molecule has 0 aliphatic carbocycles. The van der Waals surface area contributed by atoms with E-state index in [9.17, 15) is 13.2 Å². The van der Waals surface area contributed by atoms with Gasteiger partial charge in [0.05, 0.1) is 12.8 Å². The molecule has 1 amide bonds. The van der Waals surface area contributed by atoms with Crippen molar-refractivity contribution in [1.82, 2.24) is 0 Å². The molecule has 134 valence electrons. The fraction of sp³-hybridized carbons (Fsp3) is 0.278. The molecule has 0 spiro atoms. The molecule has 0 heterocycles. The Morgan fingerprint density at radius 1 is 1.16 bits per heavy atom. The number of primary amides is 1. The van der Waals surface area contributed by atoms with Crippen molar-refractivity contribution in [2.24, 2.45) is 5.73 Å². The van der Waals surface area contributed by atoms with Gasteiger partial charge < -0.3 is 10.5 Å². The molecule has 0 unspecified atom stereocenters. The van der Waals surface area contributed by atoms with Crippen LogP contribution in [0.15, 0.2) is 47.4 Å². The SMILES string of the molecule is CCc1ccc(N(CC(N)=O)S(=O)(=O)c2cc(C)ccc2OC)cc1. The summed E-state index contributed by atoms with van der Waals surface area (Å²) in [6.45, 7) is 3.34. The first kappa shape index (κ1) is 18.8. The van der Waals surface area contributed by atoms with E-state index in [1.165, 1.54) is 13.2 Å². The number of hydrogen-bond acceptors (Lipinski definition) is 4. The van der Waals surface area contributed by atoms with E-state index in [2.05, 4.69) is 0 Å². The number of benzene rings is 2. The highest BCUT2D eigenvalue weighted by Gasteiger charge is 2.29. The van der Waals surface area contributed by atoms with Crippen molar-refractivity contribution < 1.29 is 17.9 Å². The number of ether oxygens (including phenoxy) is 1. The quantitative estimate of drug-likeness (QED) is 0.818. The van der Waals surface area contributed by atoms with Gasteiger partial charge in [-0.3, -0.25) is 9.10 Å². The Kier molecular flexibility index (Phi) is 5.69. The number of methoxy groups -OCH3 is 1. The number of amides is 1.